The third-order valence-corrected chi connectivity index (χ3v) is 6.54. The summed E-state index contributed by atoms with van der Waals surface area (Å²) in [7, 11) is -3.38. The maximum atomic E-state index is 13.2. The van der Waals surface area contributed by atoms with E-state index in [1.807, 2.05) is 4.90 Å². The molecule has 124 valence electrons. The van der Waals surface area contributed by atoms with Crippen molar-refractivity contribution in [1.29, 1.82) is 0 Å². The quantitative estimate of drug-likeness (QED) is 0.304. The van der Waals surface area contributed by atoms with Crippen LogP contribution < -0.4 is 4.65 Å². The molecule has 0 radical (unpaired) electrons. The van der Waals surface area contributed by atoms with Crippen molar-refractivity contribution in [2.75, 3.05) is 31.2 Å². The third kappa shape index (κ3) is 3.66. The normalized spacial score (nSPS) is 26.3. The Balaban J connectivity index is 2.37. The van der Waals surface area contributed by atoms with Gasteiger partial charge in [0.25, 0.3) is 5.13 Å². The molecule has 0 N–H and O–H groups in total. The Morgan fingerprint density at radius 3 is 2.91 bits per heavy atom. The highest BCUT2D eigenvalue weighted by molar-refractivity contribution is 9.09. The van der Waals surface area contributed by atoms with Gasteiger partial charge in [0, 0.05) is 25.1 Å². The van der Waals surface area contributed by atoms with E-state index in [2.05, 4.69) is 20.9 Å². The molecule has 7 nitrogen and oxygen atoms in total. The van der Waals surface area contributed by atoms with E-state index in [0.29, 0.717) is 18.4 Å². The summed E-state index contributed by atoms with van der Waals surface area (Å²) in [6.45, 7) is 2.99. The first-order valence-electron chi connectivity index (χ1n) is 6.41. The number of ether oxygens (including phenoxy) is 1. The van der Waals surface area contributed by atoms with Crippen LogP contribution in [0, 0.1) is 5.21 Å². The molecule has 2 atom stereocenters. The van der Waals surface area contributed by atoms with Gasteiger partial charge in [0.2, 0.25) is 0 Å². The standard InChI is InChI=1S/C11H16BrN3O4S3/c1-8(20)19-11-14(4-3-12)5-6-15(11,16)10-13-7-9(21-10)22(2,17)18/h7,11H,3-6H2,1-2H3. The van der Waals surface area contributed by atoms with Crippen molar-refractivity contribution in [1.82, 2.24) is 14.5 Å². The summed E-state index contributed by atoms with van der Waals surface area (Å²) in [5.74, 6) is 0. The van der Waals surface area contributed by atoms with Crippen LogP contribution in [0.5, 0.6) is 0 Å². The highest BCUT2D eigenvalue weighted by Gasteiger charge is 2.46. The van der Waals surface area contributed by atoms with E-state index >= 15 is 0 Å². The van der Waals surface area contributed by atoms with Crippen LogP contribution in [0.25, 0.3) is 0 Å². The summed E-state index contributed by atoms with van der Waals surface area (Å²) in [4.78, 5) is 5.90. The topological polar surface area (TPSA) is 82.6 Å². The van der Waals surface area contributed by atoms with E-state index in [-0.39, 0.29) is 20.9 Å². The molecule has 0 amide bonds. The van der Waals surface area contributed by atoms with E-state index in [0.717, 1.165) is 17.6 Å². The van der Waals surface area contributed by atoms with Crippen LogP contribution >= 0.6 is 39.5 Å². The van der Waals surface area contributed by atoms with Crippen LogP contribution in [-0.4, -0.2) is 60.9 Å². The Hall–Kier alpha value is -0.170. The van der Waals surface area contributed by atoms with Gasteiger partial charge in [-0.15, -0.1) is 0 Å². The van der Waals surface area contributed by atoms with E-state index in [9.17, 15) is 13.6 Å². The molecule has 11 heteroatoms. The fraction of sp³-hybridized carbons (Fsp3) is 0.636. The van der Waals surface area contributed by atoms with Gasteiger partial charge >= 0.3 is 6.35 Å². The number of alkyl halides is 1. The Labute approximate surface area is 147 Å². The summed E-state index contributed by atoms with van der Waals surface area (Å²) < 4.78 is 28.0. The first-order chi connectivity index (χ1) is 10.2. The molecule has 1 saturated heterocycles. The molecule has 2 rings (SSSR count). The minimum Gasteiger partial charge on any atom is -0.622 e. The zero-order chi connectivity index (χ0) is 16.5. The number of thiocarbonyl (C=S) groups is 1. The monoisotopic (exact) mass is 429 g/mol. The number of hydrogen-bond acceptors (Lipinski definition) is 8. The second-order valence-corrected chi connectivity index (χ2v) is 9.53. The summed E-state index contributed by atoms with van der Waals surface area (Å²) in [5.41, 5.74) is 0. The van der Waals surface area contributed by atoms with E-state index in [4.69, 9.17) is 17.0 Å². The largest absolute Gasteiger partial charge is 0.622 e. The molecule has 0 bridgehead atoms. The molecule has 2 unspecified atom stereocenters. The number of aromatic nitrogens is 1. The van der Waals surface area contributed by atoms with Gasteiger partial charge in [-0.25, -0.2) is 13.3 Å². The van der Waals surface area contributed by atoms with Crippen molar-refractivity contribution in [2.24, 2.45) is 0 Å². The second-order valence-electron chi connectivity index (χ2n) is 4.91. The molecule has 1 aliphatic heterocycles. The van der Waals surface area contributed by atoms with Gasteiger partial charge in [-0.1, -0.05) is 15.9 Å². The van der Waals surface area contributed by atoms with Crippen LogP contribution in [0.4, 0.5) is 5.13 Å². The number of hydroxylamine groups is 2. The van der Waals surface area contributed by atoms with Gasteiger partial charge in [-0.2, -0.15) is 4.98 Å². The third-order valence-electron chi connectivity index (χ3n) is 3.19. The van der Waals surface area contributed by atoms with Crippen LogP contribution in [0.1, 0.15) is 6.92 Å². The highest BCUT2D eigenvalue weighted by Crippen LogP contribution is 2.36. The summed E-state index contributed by atoms with van der Waals surface area (Å²) >= 11 is 9.20. The smallest absolute Gasteiger partial charge is 0.304 e. The van der Waals surface area contributed by atoms with E-state index in [1.165, 1.54) is 6.20 Å². The molecule has 1 fully saturated rings. The lowest BCUT2D eigenvalue weighted by molar-refractivity contribution is -0.0155. The molecule has 0 aromatic carbocycles. The zero-order valence-corrected chi connectivity index (χ0v) is 16.1. The number of thiazole rings is 1. The predicted octanol–water partition coefficient (Wildman–Crippen LogP) is 1.71. The van der Waals surface area contributed by atoms with Gasteiger partial charge in [0.1, 0.15) is 10.8 Å². The fourth-order valence-corrected chi connectivity index (χ4v) is 4.53. The van der Waals surface area contributed by atoms with Crippen LogP contribution in [0.15, 0.2) is 10.4 Å². The molecule has 0 spiro atoms. The molecule has 0 saturated carbocycles. The summed E-state index contributed by atoms with van der Waals surface area (Å²) in [6.07, 6.45) is 1.48. The number of nitrogens with zero attached hydrogens (tertiary/aromatic N) is 3. The van der Waals surface area contributed by atoms with Gasteiger partial charge in [0.05, 0.1) is 12.7 Å². The van der Waals surface area contributed by atoms with Gasteiger partial charge < -0.3 is 9.94 Å². The molecular weight excluding hydrogens is 414 g/mol. The van der Waals surface area contributed by atoms with Crippen LogP contribution in [-0.2, 0) is 14.6 Å². The van der Waals surface area contributed by atoms with Crippen molar-refractivity contribution in [3.05, 3.63) is 11.4 Å². The maximum absolute atomic E-state index is 13.2. The number of rotatable bonds is 5. The lowest BCUT2D eigenvalue weighted by Crippen LogP contribution is -2.54. The lowest BCUT2D eigenvalue weighted by atomic mass is 10.6. The van der Waals surface area contributed by atoms with Gasteiger partial charge in [-0.05, 0) is 23.6 Å². The van der Waals surface area contributed by atoms with Crippen molar-refractivity contribution >= 4 is 59.5 Å². The first kappa shape index (κ1) is 18.2. The molecule has 2 heterocycles. The fourth-order valence-electron chi connectivity index (χ4n) is 2.19. The average Bonchev–Trinajstić information content (AvgIpc) is 2.99. The zero-order valence-electron chi connectivity index (χ0n) is 12.1. The van der Waals surface area contributed by atoms with E-state index in [1.54, 1.807) is 6.92 Å². The number of sulfone groups is 1. The van der Waals surface area contributed by atoms with Crippen molar-refractivity contribution in [3.63, 3.8) is 0 Å². The SMILES string of the molecule is CC(=S)OC1N(CCBr)CC[N+]1([O-])c1ncc(S(C)(=O)=O)s1. The minimum atomic E-state index is -3.38. The van der Waals surface area contributed by atoms with Crippen molar-refractivity contribution in [3.8, 4) is 0 Å². The van der Waals surface area contributed by atoms with E-state index < -0.39 is 20.8 Å². The first-order valence-corrected chi connectivity index (χ1v) is 10.6. The number of halogens is 1. The Kier molecular flexibility index (Phi) is 5.58. The molecule has 1 aromatic rings. The van der Waals surface area contributed by atoms with Gasteiger partial charge in [0.15, 0.2) is 14.9 Å². The maximum Gasteiger partial charge on any atom is 0.304 e. The number of hydrogen-bond donors (Lipinski definition) is 0. The summed E-state index contributed by atoms with van der Waals surface area (Å²) in [6, 6.07) is 0. The van der Waals surface area contributed by atoms with Gasteiger partial charge in [-0.3, -0.25) is 4.65 Å². The van der Waals surface area contributed by atoms with Crippen molar-refractivity contribution < 1.29 is 13.2 Å². The Morgan fingerprint density at radius 1 is 1.73 bits per heavy atom. The molecule has 22 heavy (non-hydrogen) atoms. The second kappa shape index (κ2) is 6.75. The predicted molar refractivity (Wildman–Crippen MR) is 93.8 cm³/mol. The highest BCUT2D eigenvalue weighted by atomic mass is 79.9. The van der Waals surface area contributed by atoms with Crippen LogP contribution in [0.2, 0.25) is 0 Å². The molecular formula is C11H16BrN3O4S3. The van der Waals surface area contributed by atoms with Crippen LogP contribution in [0.3, 0.4) is 0 Å². The minimum absolute atomic E-state index is 0.0765. The molecule has 1 aliphatic rings. The summed E-state index contributed by atoms with van der Waals surface area (Å²) in [5, 5.41) is 14.4. The van der Waals surface area contributed by atoms with Crippen molar-refractivity contribution in [2.45, 2.75) is 17.5 Å². The Bertz CT molecular complexity index is 665. The average molecular weight is 430 g/mol. The number of quaternary nitrogens is 1. The lowest BCUT2D eigenvalue weighted by Gasteiger charge is -2.40. The molecule has 0 aliphatic carbocycles. The molecule has 1 aromatic heterocycles. The Morgan fingerprint density at radius 2 is 2.41 bits per heavy atom.